The van der Waals surface area contributed by atoms with Gasteiger partial charge < -0.3 is 11.3 Å². The van der Waals surface area contributed by atoms with Crippen LogP contribution in [0.15, 0.2) is 0 Å². The minimum atomic E-state index is -0.250. The molecule has 0 aromatic carbocycles. The van der Waals surface area contributed by atoms with Gasteiger partial charge in [0.1, 0.15) is 0 Å². The second-order valence-electron chi connectivity index (χ2n) is 0.105. The molecule has 0 aromatic heterocycles. The molecule has 0 aliphatic rings. The van der Waals surface area contributed by atoms with Gasteiger partial charge in [0.15, 0.2) is 0 Å². The maximum atomic E-state index is 8.36. The zero-order valence-corrected chi connectivity index (χ0v) is 5.51. The molecule has 38 valence electrons. The molecule has 0 radical (unpaired) electrons. The van der Waals surface area contributed by atoms with Crippen LogP contribution in [0.25, 0.3) is 0 Å². The Labute approximate surface area is 53.8 Å². The first-order valence-corrected chi connectivity index (χ1v) is 0.494. The Hall–Kier alpha value is 0.243. The Morgan fingerprint density at radius 1 is 1.50 bits per heavy atom. The van der Waals surface area contributed by atoms with Crippen molar-refractivity contribution in [3.8, 4) is 0 Å². The van der Waals surface area contributed by atoms with Crippen molar-refractivity contribution in [2.45, 2.75) is 0 Å². The van der Waals surface area contributed by atoms with E-state index in [2.05, 4.69) is 0 Å². The monoisotopic (exact) mass is 173 g/mol. The van der Waals surface area contributed by atoms with Gasteiger partial charge >= 0.3 is 0 Å². The van der Waals surface area contributed by atoms with Crippen LogP contribution < -0.4 is 6.15 Å². The van der Waals surface area contributed by atoms with Crippen molar-refractivity contribution in [1.82, 2.24) is 6.15 Å². The van der Waals surface area contributed by atoms with Gasteiger partial charge in [-0.05, 0) is 0 Å². The van der Waals surface area contributed by atoms with E-state index in [0.29, 0.717) is 0 Å². The third kappa shape index (κ3) is 755. The average Bonchev–Trinajstić information content (AvgIpc) is 0.918. The summed E-state index contributed by atoms with van der Waals surface area (Å²) in [4.78, 5) is 8.36. The molecule has 0 aliphatic carbocycles. The fourth-order valence-corrected chi connectivity index (χ4v) is 0. The van der Waals surface area contributed by atoms with Crippen molar-refractivity contribution in [2.75, 3.05) is 0 Å². The first kappa shape index (κ1) is 34.1. The summed E-state index contributed by atoms with van der Waals surface area (Å²) in [5.74, 6) is 0. The Bertz CT molecular complexity index is 21.0. The molecule has 5 heteroatoms. The Morgan fingerprint density at radius 2 is 1.50 bits per heavy atom. The second kappa shape index (κ2) is 61.1. The van der Waals surface area contributed by atoms with E-state index >= 15 is 0 Å². The largest absolute Gasteiger partial charge is 0.483 e. The minimum absolute atomic E-state index is 0. The molecule has 6 heavy (non-hydrogen) atoms. The molecule has 0 saturated heterocycles. The van der Waals surface area contributed by atoms with E-state index in [9.17, 15) is 0 Å². The number of hydrogen-bond acceptors (Lipinski definition) is 2. The van der Waals surface area contributed by atoms with Crippen LogP contribution in [-0.2, 0) is 31.0 Å². The Kier molecular flexibility index (Phi) is 347. The van der Waals surface area contributed by atoms with Crippen molar-refractivity contribution in [2.24, 2.45) is 0 Å². The first-order valence-electron chi connectivity index (χ1n) is 0.494. The Morgan fingerprint density at radius 3 is 1.50 bits per heavy atom. The molecule has 0 heterocycles. The van der Waals surface area contributed by atoms with Gasteiger partial charge in [0, 0.05) is 26.2 Å². The number of halogens is 1. The van der Waals surface area contributed by atoms with Crippen molar-refractivity contribution >= 4 is 6.47 Å². The molecule has 3 nitrogen and oxygen atoms in total. The smallest absolute Gasteiger partial charge is 0.290 e. The van der Waals surface area contributed by atoms with Crippen LogP contribution in [0, 0.1) is 0 Å². The van der Waals surface area contributed by atoms with Gasteiger partial charge in [-0.3, -0.25) is 9.50 Å². The van der Waals surface area contributed by atoms with E-state index in [1.165, 1.54) is 0 Å². The van der Waals surface area contributed by atoms with Gasteiger partial charge in [-0.2, -0.15) is 0 Å². The molecule has 0 fully saturated rings. The fraction of sp³-hybridized carbons (Fsp3) is 0. The number of carbonyl (C=O) groups is 1. The van der Waals surface area contributed by atoms with E-state index in [1.807, 2.05) is 0 Å². The fourth-order valence-electron chi connectivity index (χ4n) is 0. The first-order chi connectivity index (χ1) is 1.41. The summed E-state index contributed by atoms with van der Waals surface area (Å²) in [6.07, 6.45) is 0. The predicted octanol–water partition coefficient (Wildman–Crippen LogP) is 0.0128. The second-order valence-corrected chi connectivity index (χ2v) is 0.105. The molecular formula is CH6FNO2Zr. The third-order valence-electron chi connectivity index (χ3n) is 0. The molecule has 0 atom stereocenters. The summed E-state index contributed by atoms with van der Waals surface area (Å²) in [5, 5.41) is 6.89. The standard InChI is InChI=1S/CH2O2.FH.H3N.Zr/c2-1-3;;;/h1H,(H,2,3);1H;1H3;. The summed E-state index contributed by atoms with van der Waals surface area (Å²) in [5.41, 5.74) is 0. The molecule has 0 aromatic rings. The maximum Gasteiger partial charge on any atom is 0.290 e. The molecule has 0 unspecified atom stereocenters. The maximum absolute atomic E-state index is 8.36. The molecule has 0 amide bonds. The van der Waals surface area contributed by atoms with Crippen molar-refractivity contribution < 1.29 is 40.8 Å². The van der Waals surface area contributed by atoms with E-state index in [4.69, 9.17) is 9.90 Å². The quantitative estimate of drug-likeness (QED) is 0.508. The predicted molar refractivity (Wildman–Crippen MR) is 16.2 cm³/mol. The van der Waals surface area contributed by atoms with Gasteiger partial charge in [0.05, 0.1) is 0 Å². The van der Waals surface area contributed by atoms with Crippen LogP contribution in [0.3, 0.4) is 0 Å². The van der Waals surface area contributed by atoms with E-state index in [1.54, 1.807) is 0 Å². The summed E-state index contributed by atoms with van der Waals surface area (Å²) >= 11 is 0. The van der Waals surface area contributed by atoms with Gasteiger partial charge in [0.2, 0.25) is 0 Å². The van der Waals surface area contributed by atoms with Gasteiger partial charge in [-0.15, -0.1) is 0 Å². The molecule has 0 spiro atoms. The molecule has 0 rings (SSSR count). The van der Waals surface area contributed by atoms with Crippen LogP contribution in [0.1, 0.15) is 0 Å². The van der Waals surface area contributed by atoms with E-state index < -0.39 is 0 Å². The summed E-state index contributed by atoms with van der Waals surface area (Å²) in [6, 6.07) is 0. The zero-order valence-electron chi connectivity index (χ0n) is 3.05. The summed E-state index contributed by atoms with van der Waals surface area (Å²) < 4.78 is 0. The van der Waals surface area contributed by atoms with E-state index in [0.717, 1.165) is 0 Å². The Balaban J connectivity index is -0.00000000667. The zero-order chi connectivity index (χ0) is 2.71. The summed E-state index contributed by atoms with van der Waals surface area (Å²) in [7, 11) is 0. The number of rotatable bonds is 0. The normalized spacial score (nSPS) is 2.00. The van der Waals surface area contributed by atoms with Crippen LogP contribution in [0.2, 0.25) is 0 Å². The van der Waals surface area contributed by atoms with Gasteiger partial charge in [0.25, 0.3) is 6.47 Å². The average molecular weight is 174 g/mol. The minimum Gasteiger partial charge on any atom is -0.483 e. The molecule has 0 saturated carbocycles. The summed E-state index contributed by atoms with van der Waals surface area (Å²) in [6.45, 7) is -0.250. The van der Waals surface area contributed by atoms with Gasteiger partial charge in [-0.1, -0.05) is 0 Å². The van der Waals surface area contributed by atoms with Crippen LogP contribution in [-0.4, -0.2) is 11.6 Å². The van der Waals surface area contributed by atoms with Crippen LogP contribution in [0.4, 0.5) is 4.70 Å². The van der Waals surface area contributed by atoms with Gasteiger partial charge in [-0.25, -0.2) is 0 Å². The molecular weight excluding hydrogens is 168 g/mol. The number of carboxylic acid groups (broad SMARTS) is 1. The van der Waals surface area contributed by atoms with Crippen molar-refractivity contribution in [3.05, 3.63) is 0 Å². The van der Waals surface area contributed by atoms with Crippen molar-refractivity contribution in [1.29, 1.82) is 0 Å². The van der Waals surface area contributed by atoms with Crippen LogP contribution in [0.5, 0.6) is 0 Å². The van der Waals surface area contributed by atoms with Crippen molar-refractivity contribution in [3.63, 3.8) is 0 Å². The molecule has 0 aliphatic heterocycles. The third-order valence-corrected chi connectivity index (χ3v) is 0. The topological polar surface area (TPSA) is 72.3 Å². The van der Waals surface area contributed by atoms with Crippen LogP contribution >= 0.6 is 0 Å². The SMILES string of the molecule is F.N.O=CO.[Zr]. The molecule has 0 bridgehead atoms. The molecule has 4 N–H and O–H groups in total. The van der Waals surface area contributed by atoms with E-state index in [-0.39, 0.29) is 43.5 Å². The number of hydrogen-bond donors (Lipinski definition) is 2.